The number of amides is 2. The molecule has 2 amide bonds. The summed E-state index contributed by atoms with van der Waals surface area (Å²) in [5.41, 5.74) is 0.430. The van der Waals surface area contributed by atoms with E-state index >= 15 is 0 Å². The Hall–Kier alpha value is -2.61. The Bertz CT molecular complexity index is 742. The van der Waals surface area contributed by atoms with Crippen molar-refractivity contribution in [1.29, 1.82) is 0 Å². The minimum absolute atomic E-state index is 0.122. The summed E-state index contributed by atoms with van der Waals surface area (Å²) in [6.45, 7) is 1.33. The van der Waals surface area contributed by atoms with Crippen LogP contribution >= 0.6 is 0 Å². The SMILES string of the molecule is COC(=O)C1CC[NH+]([C@@H]2CC(=O)N(c3ccc(OC)cc3OC)C2=O)CC1. The van der Waals surface area contributed by atoms with Crippen molar-refractivity contribution in [3.63, 3.8) is 0 Å². The van der Waals surface area contributed by atoms with Crippen LogP contribution in [0.3, 0.4) is 0 Å². The number of ether oxygens (including phenoxy) is 3. The maximum absolute atomic E-state index is 13.0. The van der Waals surface area contributed by atoms with Gasteiger partial charge in [-0.3, -0.25) is 14.4 Å². The summed E-state index contributed by atoms with van der Waals surface area (Å²) in [6, 6.07) is 4.58. The van der Waals surface area contributed by atoms with Crippen LogP contribution in [0, 0.1) is 5.92 Å². The van der Waals surface area contributed by atoms with Gasteiger partial charge < -0.3 is 19.1 Å². The molecule has 8 heteroatoms. The maximum atomic E-state index is 13.0. The molecule has 2 aliphatic heterocycles. The first-order valence-electron chi connectivity index (χ1n) is 9.01. The van der Waals surface area contributed by atoms with E-state index in [1.54, 1.807) is 18.2 Å². The number of benzene rings is 1. The van der Waals surface area contributed by atoms with Crippen molar-refractivity contribution in [2.24, 2.45) is 5.92 Å². The molecule has 3 rings (SSSR count). The Labute approximate surface area is 158 Å². The van der Waals surface area contributed by atoms with Crippen molar-refractivity contribution in [1.82, 2.24) is 0 Å². The molecule has 0 unspecified atom stereocenters. The minimum atomic E-state index is -0.428. The van der Waals surface area contributed by atoms with Crippen LogP contribution in [-0.4, -0.2) is 58.2 Å². The molecule has 2 fully saturated rings. The summed E-state index contributed by atoms with van der Waals surface area (Å²) in [5.74, 6) is 0.208. The summed E-state index contributed by atoms with van der Waals surface area (Å²) in [4.78, 5) is 39.6. The number of nitrogens with one attached hydrogen (secondary N) is 1. The highest BCUT2D eigenvalue weighted by Gasteiger charge is 2.47. The maximum Gasteiger partial charge on any atom is 0.309 e. The number of imide groups is 1. The van der Waals surface area contributed by atoms with Gasteiger partial charge in [0.2, 0.25) is 5.91 Å². The van der Waals surface area contributed by atoms with Gasteiger partial charge in [0.1, 0.15) is 11.5 Å². The zero-order valence-corrected chi connectivity index (χ0v) is 15.8. The van der Waals surface area contributed by atoms with Gasteiger partial charge in [-0.05, 0) is 12.1 Å². The van der Waals surface area contributed by atoms with Crippen molar-refractivity contribution in [2.45, 2.75) is 25.3 Å². The van der Waals surface area contributed by atoms with E-state index in [2.05, 4.69) is 0 Å². The second kappa shape index (κ2) is 7.96. The van der Waals surface area contributed by atoms with Gasteiger partial charge in [-0.15, -0.1) is 0 Å². The predicted octanol–water partition coefficient (Wildman–Crippen LogP) is -0.196. The number of esters is 1. The van der Waals surface area contributed by atoms with E-state index in [9.17, 15) is 14.4 Å². The van der Waals surface area contributed by atoms with Gasteiger partial charge in [-0.1, -0.05) is 0 Å². The molecule has 1 N–H and O–H groups in total. The van der Waals surface area contributed by atoms with E-state index in [0.717, 1.165) is 4.90 Å². The highest BCUT2D eigenvalue weighted by Crippen LogP contribution is 2.34. The summed E-state index contributed by atoms with van der Waals surface area (Å²) in [5, 5.41) is 0. The second-order valence-electron chi connectivity index (χ2n) is 6.82. The molecule has 0 radical (unpaired) electrons. The molecule has 0 aromatic heterocycles. The van der Waals surface area contributed by atoms with Crippen LogP contribution in [0.1, 0.15) is 19.3 Å². The highest BCUT2D eigenvalue weighted by molar-refractivity contribution is 6.22. The molecule has 1 atom stereocenters. The Kier molecular flexibility index (Phi) is 5.65. The molecule has 146 valence electrons. The number of methoxy groups -OCH3 is 3. The molecule has 0 aliphatic carbocycles. The Morgan fingerprint density at radius 1 is 1.11 bits per heavy atom. The first-order valence-corrected chi connectivity index (χ1v) is 9.01. The summed E-state index contributed by atoms with van der Waals surface area (Å²) < 4.78 is 15.3. The van der Waals surface area contributed by atoms with Crippen LogP contribution in [0.4, 0.5) is 5.69 Å². The van der Waals surface area contributed by atoms with Crippen LogP contribution in [-0.2, 0) is 19.1 Å². The number of quaternary nitrogens is 1. The summed E-state index contributed by atoms with van der Waals surface area (Å²) >= 11 is 0. The molecule has 0 spiro atoms. The average Bonchev–Trinajstić information content (AvgIpc) is 3.00. The van der Waals surface area contributed by atoms with E-state index in [4.69, 9.17) is 14.2 Å². The van der Waals surface area contributed by atoms with Gasteiger partial charge in [0.25, 0.3) is 5.91 Å². The lowest BCUT2D eigenvalue weighted by molar-refractivity contribution is -0.920. The third kappa shape index (κ3) is 3.62. The zero-order chi connectivity index (χ0) is 19.6. The van der Waals surface area contributed by atoms with Gasteiger partial charge in [-0.25, -0.2) is 4.90 Å². The Balaban J connectivity index is 1.76. The fourth-order valence-electron chi connectivity index (χ4n) is 3.91. The molecule has 2 heterocycles. The smallest absolute Gasteiger partial charge is 0.309 e. The summed E-state index contributed by atoms with van der Waals surface area (Å²) in [6.07, 6.45) is 1.48. The largest absolute Gasteiger partial charge is 0.497 e. The van der Waals surface area contributed by atoms with Crippen LogP contribution in [0.25, 0.3) is 0 Å². The van der Waals surface area contributed by atoms with Crippen LogP contribution < -0.4 is 19.3 Å². The van der Waals surface area contributed by atoms with Crippen molar-refractivity contribution in [2.75, 3.05) is 39.3 Å². The molecule has 2 saturated heterocycles. The molecule has 8 nitrogen and oxygen atoms in total. The van der Waals surface area contributed by atoms with Crippen LogP contribution in [0.15, 0.2) is 18.2 Å². The average molecular weight is 377 g/mol. The molecule has 1 aromatic rings. The molecule has 0 bridgehead atoms. The van der Waals surface area contributed by atoms with Gasteiger partial charge >= 0.3 is 5.97 Å². The number of hydrogen-bond donors (Lipinski definition) is 1. The molecule has 1 aromatic carbocycles. The van der Waals surface area contributed by atoms with Gasteiger partial charge in [0.05, 0.1) is 52.4 Å². The first-order chi connectivity index (χ1) is 13.0. The van der Waals surface area contributed by atoms with Crippen molar-refractivity contribution < 1.29 is 33.5 Å². The van der Waals surface area contributed by atoms with E-state index < -0.39 is 6.04 Å². The lowest BCUT2D eigenvalue weighted by atomic mass is 9.95. The highest BCUT2D eigenvalue weighted by atomic mass is 16.5. The number of rotatable bonds is 5. The molecule has 0 saturated carbocycles. The van der Waals surface area contributed by atoms with Crippen LogP contribution in [0.5, 0.6) is 11.5 Å². The first kappa shape index (κ1) is 19.2. The fraction of sp³-hybridized carbons (Fsp3) is 0.526. The van der Waals surface area contributed by atoms with Gasteiger partial charge in [0, 0.05) is 18.9 Å². The molecule has 27 heavy (non-hydrogen) atoms. The third-order valence-corrected chi connectivity index (χ3v) is 5.43. The lowest BCUT2D eigenvalue weighted by Crippen LogP contribution is -3.17. The number of hydrogen-bond acceptors (Lipinski definition) is 6. The third-order valence-electron chi connectivity index (χ3n) is 5.43. The monoisotopic (exact) mass is 377 g/mol. The van der Waals surface area contributed by atoms with Crippen LogP contribution in [0.2, 0.25) is 0 Å². The lowest BCUT2D eigenvalue weighted by Gasteiger charge is -2.30. The standard InChI is InChI=1S/C19H24N2O6/c1-25-13-4-5-14(16(10-13)26-2)21-17(22)11-15(18(21)23)20-8-6-12(7-9-20)19(24)27-3/h4-5,10,12,15H,6-9,11H2,1-3H3/p+1/t15-/m1/s1. The number of carbonyl (C=O) groups is 3. The van der Waals surface area contributed by atoms with Crippen molar-refractivity contribution in [3.8, 4) is 11.5 Å². The van der Waals surface area contributed by atoms with Crippen molar-refractivity contribution >= 4 is 23.5 Å². The molecule has 2 aliphatic rings. The second-order valence-corrected chi connectivity index (χ2v) is 6.82. The topological polar surface area (TPSA) is 86.6 Å². The predicted molar refractivity (Wildman–Crippen MR) is 95.9 cm³/mol. The van der Waals surface area contributed by atoms with Gasteiger partial charge in [0.15, 0.2) is 6.04 Å². The van der Waals surface area contributed by atoms with E-state index in [0.29, 0.717) is 43.1 Å². The fourth-order valence-corrected chi connectivity index (χ4v) is 3.91. The van der Waals surface area contributed by atoms with Crippen molar-refractivity contribution in [3.05, 3.63) is 18.2 Å². The van der Waals surface area contributed by atoms with Gasteiger partial charge in [-0.2, -0.15) is 0 Å². The number of carbonyl (C=O) groups excluding carboxylic acids is 3. The summed E-state index contributed by atoms with van der Waals surface area (Å²) in [7, 11) is 4.42. The number of likely N-dealkylation sites (tertiary alicyclic amines) is 1. The van der Waals surface area contributed by atoms with E-state index in [-0.39, 0.29) is 30.1 Å². The van der Waals surface area contributed by atoms with E-state index in [1.807, 2.05) is 0 Å². The minimum Gasteiger partial charge on any atom is -0.497 e. The number of piperidine rings is 1. The molecular formula is C19H25N2O6+. The normalized spacial score (nSPS) is 25.4. The number of anilines is 1. The number of nitrogens with zero attached hydrogens (tertiary/aromatic N) is 1. The Morgan fingerprint density at radius 3 is 2.41 bits per heavy atom. The quantitative estimate of drug-likeness (QED) is 0.565. The zero-order valence-electron chi connectivity index (χ0n) is 15.8. The Morgan fingerprint density at radius 2 is 1.81 bits per heavy atom. The van der Waals surface area contributed by atoms with E-state index in [1.165, 1.54) is 26.2 Å². The molecular weight excluding hydrogens is 352 g/mol.